The fraction of sp³-hybridized carbons (Fsp3) is 0.594. The Hall–Kier alpha value is -2.93. The average Bonchev–Trinajstić information content (AvgIpc) is 3.20. The summed E-state index contributed by atoms with van der Waals surface area (Å²) in [5, 5.41) is 7.29. The molecule has 39 heavy (non-hydrogen) atoms. The van der Waals surface area contributed by atoms with E-state index in [1.165, 1.54) is 12.8 Å². The maximum Gasteiger partial charge on any atom is 0.209 e. The van der Waals surface area contributed by atoms with Crippen molar-refractivity contribution >= 4 is 34.4 Å². The number of nitrogens with one attached hydrogen (secondary N) is 2. The minimum absolute atomic E-state index is 0.170. The number of benzene rings is 1. The first kappa shape index (κ1) is 29.1. The van der Waals surface area contributed by atoms with Crippen LogP contribution in [0.2, 0.25) is 0 Å². The summed E-state index contributed by atoms with van der Waals surface area (Å²) in [7, 11) is 0. The number of fused-ring (bicyclic) bond motifs is 1. The summed E-state index contributed by atoms with van der Waals surface area (Å²) in [6, 6.07) is 12.7. The molecule has 1 fully saturated rings. The third-order valence-corrected chi connectivity index (χ3v) is 7.99. The van der Waals surface area contributed by atoms with Crippen molar-refractivity contribution in [2.45, 2.75) is 92.7 Å². The summed E-state index contributed by atoms with van der Waals surface area (Å²) in [6.07, 6.45) is 6.27. The smallest absolute Gasteiger partial charge is 0.209 e. The Morgan fingerprint density at radius 2 is 1.79 bits per heavy atom. The fourth-order valence-electron chi connectivity index (χ4n) is 6.32. The third kappa shape index (κ3) is 8.04. The molecule has 0 spiro atoms. The summed E-state index contributed by atoms with van der Waals surface area (Å²) in [5.41, 5.74) is 4.15. The van der Waals surface area contributed by atoms with Gasteiger partial charge >= 0.3 is 0 Å². The van der Waals surface area contributed by atoms with Gasteiger partial charge < -0.3 is 15.5 Å². The van der Waals surface area contributed by atoms with Crippen LogP contribution >= 0.6 is 0 Å². The molecule has 1 aliphatic carbocycles. The molecule has 0 bridgehead atoms. The normalized spacial score (nSPS) is 18.9. The summed E-state index contributed by atoms with van der Waals surface area (Å²) in [4.78, 5) is 24.0. The van der Waals surface area contributed by atoms with E-state index in [9.17, 15) is 4.79 Å². The van der Waals surface area contributed by atoms with Crippen LogP contribution in [0.25, 0.3) is 11.2 Å². The predicted molar refractivity (Wildman–Crippen MR) is 163 cm³/mol. The highest BCUT2D eigenvalue weighted by molar-refractivity contribution is 5.79. The number of carbonyl (C=O) groups is 1. The van der Waals surface area contributed by atoms with Gasteiger partial charge in [-0.25, -0.2) is 9.97 Å². The van der Waals surface area contributed by atoms with Crippen LogP contribution in [0.1, 0.15) is 79.2 Å². The van der Waals surface area contributed by atoms with E-state index in [2.05, 4.69) is 66.9 Å². The molecule has 0 amide bonds. The molecule has 212 valence electrons. The number of rotatable bonds is 13. The van der Waals surface area contributed by atoms with Crippen LogP contribution < -0.4 is 10.6 Å². The molecule has 1 saturated carbocycles. The number of aryl methyl sites for hydroxylation is 1. The molecule has 7 heteroatoms. The number of ketones is 1. The number of unbranched alkanes of at least 4 members (excludes halogenated alkanes) is 1. The zero-order chi connectivity index (χ0) is 28.0. The van der Waals surface area contributed by atoms with E-state index in [0.29, 0.717) is 23.8 Å². The number of aromatic nitrogens is 3. The van der Waals surface area contributed by atoms with Crippen LogP contribution in [0.4, 0.5) is 17.5 Å². The minimum atomic E-state index is 0.170. The number of anilines is 3. The van der Waals surface area contributed by atoms with Crippen molar-refractivity contribution in [3.05, 3.63) is 42.0 Å². The van der Waals surface area contributed by atoms with Crippen molar-refractivity contribution in [1.82, 2.24) is 19.4 Å². The van der Waals surface area contributed by atoms with Crippen LogP contribution in [0, 0.1) is 11.3 Å². The monoisotopic (exact) mass is 532 g/mol. The number of nitrogens with zero attached hydrogens (tertiary/aromatic N) is 4. The number of pyridine rings is 1. The van der Waals surface area contributed by atoms with E-state index >= 15 is 0 Å². The largest absolute Gasteiger partial charge is 0.367 e. The molecule has 2 N–H and O–H groups in total. The van der Waals surface area contributed by atoms with Gasteiger partial charge in [-0.15, -0.1) is 0 Å². The number of hydrogen-bond donors (Lipinski definition) is 2. The van der Waals surface area contributed by atoms with E-state index in [1.54, 1.807) is 6.92 Å². The van der Waals surface area contributed by atoms with Gasteiger partial charge in [-0.1, -0.05) is 46.8 Å². The second kappa shape index (κ2) is 12.9. The molecule has 2 atom stereocenters. The van der Waals surface area contributed by atoms with E-state index in [0.717, 1.165) is 79.6 Å². The van der Waals surface area contributed by atoms with E-state index in [-0.39, 0.29) is 5.78 Å². The van der Waals surface area contributed by atoms with Crippen LogP contribution in [-0.2, 0) is 17.8 Å². The molecule has 2 heterocycles. The summed E-state index contributed by atoms with van der Waals surface area (Å²) in [6.45, 7) is 17.3. The lowest BCUT2D eigenvalue weighted by Gasteiger charge is -2.39. The number of imidazole rings is 1. The maximum atomic E-state index is 11.5. The van der Waals surface area contributed by atoms with Crippen molar-refractivity contribution in [1.29, 1.82) is 0 Å². The third-order valence-electron chi connectivity index (χ3n) is 7.99. The van der Waals surface area contributed by atoms with Gasteiger partial charge in [-0.2, -0.15) is 0 Å². The Morgan fingerprint density at radius 3 is 2.46 bits per heavy atom. The standard InChI is InChI=1S/C32H48N6O/c1-7-37(8-2)17-9-10-18-38-30-28(35-31(38)34-26-13-11-25(12-14-26)20-24(4)39)15-16-29(36-30)33-27-19-23(3)21-32(5,6)22-27/h11-16,23,27H,7-10,17-22H2,1-6H3,(H,33,36)(H,34,35). The van der Waals surface area contributed by atoms with E-state index < -0.39 is 0 Å². The molecule has 1 aromatic carbocycles. The highest BCUT2D eigenvalue weighted by Crippen LogP contribution is 2.39. The van der Waals surface area contributed by atoms with Crippen LogP contribution in [0.3, 0.4) is 0 Å². The Balaban J connectivity index is 1.56. The van der Waals surface area contributed by atoms with E-state index in [4.69, 9.17) is 9.97 Å². The molecule has 3 aromatic rings. The Bertz CT molecular complexity index is 1230. The van der Waals surface area contributed by atoms with Gasteiger partial charge in [0.2, 0.25) is 5.95 Å². The number of hydrogen-bond acceptors (Lipinski definition) is 6. The Morgan fingerprint density at radius 1 is 1.05 bits per heavy atom. The highest BCUT2D eigenvalue weighted by Gasteiger charge is 2.32. The summed E-state index contributed by atoms with van der Waals surface area (Å²) >= 11 is 0. The second-order valence-corrected chi connectivity index (χ2v) is 12.3. The van der Waals surface area contributed by atoms with Crippen molar-refractivity contribution < 1.29 is 4.79 Å². The van der Waals surface area contributed by atoms with Gasteiger partial charge in [0.25, 0.3) is 0 Å². The van der Waals surface area contributed by atoms with Crippen molar-refractivity contribution in [3.63, 3.8) is 0 Å². The topological polar surface area (TPSA) is 75.1 Å². The first-order chi connectivity index (χ1) is 18.7. The van der Waals surface area contributed by atoms with Gasteiger partial charge in [0.05, 0.1) is 0 Å². The van der Waals surface area contributed by atoms with Crippen LogP contribution in [0.5, 0.6) is 0 Å². The number of carbonyl (C=O) groups excluding carboxylic acids is 1. The van der Waals surface area contributed by atoms with Crippen molar-refractivity contribution in [2.75, 3.05) is 30.3 Å². The zero-order valence-corrected chi connectivity index (χ0v) is 24.9. The quantitative estimate of drug-likeness (QED) is 0.230. The fourth-order valence-corrected chi connectivity index (χ4v) is 6.32. The van der Waals surface area contributed by atoms with Crippen molar-refractivity contribution in [2.24, 2.45) is 11.3 Å². The van der Waals surface area contributed by atoms with Crippen LogP contribution in [0.15, 0.2) is 36.4 Å². The summed E-state index contributed by atoms with van der Waals surface area (Å²) in [5.74, 6) is 2.62. The van der Waals surface area contributed by atoms with Gasteiger partial charge in [0.1, 0.15) is 17.1 Å². The molecule has 0 radical (unpaired) electrons. The first-order valence-corrected chi connectivity index (χ1v) is 14.9. The first-order valence-electron chi connectivity index (χ1n) is 14.9. The molecule has 7 nitrogen and oxygen atoms in total. The molecule has 2 aromatic heterocycles. The lowest BCUT2D eigenvalue weighted by Crippen LogP contribution is -2.35. The molecule has 1 aliphatic rings. The molecule has 0 aliphatic heterocycles. The lowest BCUT2D eigenvalue weighted by atomic mass is 9.70. The molecule has 0 saturated heterocycles. The van der Waals surface area contributed by atoms with Gasteiger partial charge in [0.15, 0.2) is 5.65 Å². The molecule has 4 rings (SSSR count). The predicted octanol–water partition coefficient (Wildman–Crippen LogP) is 7.06. The molecular formula is C32H48N6O. The highest BCUT2D eigenvalue weighted by atomic mass is 16.1. The molecule has 2 unspecified atom stereocenters. The van der Waals surface area contributed by atoms with Crippen LogP contribution in [-0.4, -0.2) is 50.9 Å². The maximum absolute atomic E-state index is 11.5. The van der Waals surface area contributed by atoms with Crippen molar-refractivity contribution in [3.8, 4) is 0 Å². The van der Waals surface area contributed by atoms with Gasteiger partial charge in [-0.3, -0.25) is 9.36 Å². The second-order valence-electron chi connectivity index (χ2n) is 12.3. The molecular weight excluding hydrogens is 484 g/mol. The average molecular weight is 533 g/mol. The minimum Gasteiger partial charge on any atom is -0.367 e. The number of Topliss-reactive ketones (excluding diaryl/α,β-unsaturated/α-hetero) is 1. The lowest BCUT2D eigenvalue weighted by molar-refractivity contribution is -0.116. The Kier molecular flexibility index (Phi) is 9.65. The SMILES string of the molecule is CCN(CC)CCCCn1c(Nc2ccc(CC(C)=O)cc2)nc2ccc(NC3CC(C)CC(C)(C)C3)nc21. The zero-order valence-electron chi connectivity index (χ0n) is 24.9. The Labute approximate surface area is 234 Å². The van der Waals surface area contributed by atoms with E-state index in [1.807, 2.05) is 24.3 Å². The van der Waals surface area contributed by atoms with Gasteiger partial charge in [-0.05, 0) is 99.8 Å². The summed E-state index contributed by atoms with van der Waals surface area (Å²) < 4.78 is 2.24. The van der Waals surface area contributed by atoms with Gasteiger partial charge in [0, 0.05) is 24.7 Å².